The zero-order valence-electron chi connectivity index (χ0n) is 16.0. The lowest BCUT2D eigenvalue weighted by atomic mass is 10.1. The molecule has 0 bridgehead atoms. The maximum atomic E-state index is 12.4. The quantitative estimate of drug-likeness (QED) is 0.526. The van der Waals surface area contributed by atoms with Crippen molar-refractivity contribution >= 4 is 51.5 Å². The first-order valence-corrected chi connectivity index (χ1v) is 9.86. The van der Waals surface area contributed by atoms with Crippen LogP contribution < -0.4 is 5.32 Å². The number of hydrogen-bond acceptors (Lipinski definition) is 5. The van der Waals surface area contributed by atoms with Gasteiger partial charge in [-0.3, -0.25) is 9.59 Å². The van der Waals surface area contributed by atoms with Crippen LogP contribution in [0.1, 0.15) is 11.1 Å². The third-order valence-corrected chi connectivity index (χ3v) is 5.46. The summed E-state index contributed by atoms with van der Waals surface area (Å²) in [5, 5.41) is 4.31. The largest absolute Gasteiger partial charge is 0.468 e. The average molecular weight is 405 g/mol. The van der Waals surface area contributed by atoms with Crippen LogP contribution in [0.4, 0.5) is 5.69 Å². The third kappa shape index (κ3) is 4.09. The van der Waals surface area contributed by atoms with Gasteiger partial charge in [0.1, 0.15) is 6.54 Å². The molecule has 7 heteroatoms. The number of thioether (sulfide) groups is 1. The van der Waals surface area contributed by atoms with Crippen LogP contribution in [0.25, 0.3) is 17.0 Å². The van der Waals surface area contributed by atoms with Crippen molar-refractivity contribution in [2.24, 2.45) is 4.99 Å². The van der Waals surface area contributed by atoms with Crippen LogP contribution in [-0.2, 0) is 20.9 Å². The third-order valence-electron chi connectivity index (χ3n) is 4.55. The number of amides is 1. The van der Waals surface area contributed by atoms with Gasteiger partial charge in [0, 0.05) is 22.7 Å². The first-order valence-electron chi connectivity index (χ1n) is 9.04. The molecule has 3 aromatic rings. The Kier molecular flexibility index (Phi) is 5.22. The number of nitrogens with zero attached hydrogens (tertiary/aromatic N) is 2. The van der Waals surface area contributed by atoms with E-state index >= 15 is 0 Å². The van der Waals surface area contributed by atoms with E-state index in [0.29, 0.717) is 10.1 Å². The van der Waals surface area contributed by atoms with Gasteiger partial charge in [-0.05, 0) is 43.0 Å². The van der Waals surface area contributed by atoms with Crippen molar-refractivity contribution in [2.75, 3.05) is 7.11 Å². The molecule has 0 atom stereocenters. The molecule has 0 radical (unpaired) electrons. The fourth-order valence-electron chi connectivity index (χ4n) is 3.08. The van der Waals surface area contributed by atoms with E-state index in [1.165, 1.54) is 18.9 Å². The van der Waals surface area contributed by atoms with Gasteiger partial charge in [-0.1, -0.05) is 35.9 Å². The highest BCUT2D eigenvalue weighted by molar-refractivity contribution is 8.18. The van der Waals surface area contributed by atoms with Crippen molar-refractivity contribution in [1.82, 2.24) is 9.88 Å². The second kappa shape index (κ2) is 7.97. The number of aliphatic imine (C=N–C) groups is 1. The number of ether oxygens (including phenoxy) is 1. The monoisotopic (exact) mass is 405 g/mol. The smallest absolute Gasteiger partial charge is 0.325 e. The summed E-state index contributed by atoms with van der Waals surface area (Å²) in [5.41, 5.74) is 3.70. The van der Waals surface area contributed by atoms with Gasteiger partial charge in [-0.2, -0.15) is 0 Å². The molecule has 1 aliphatic heterocycles. The van der Waals surface area contributed by atoms with Crippen molar-refractivity contribution < 1.29 is 14.3 Å². The van der Waals surface area contributed by atoms with Crippen molar-refractivity contribution in [3.05, 3.63) is 70.8 Å². The molecule has 1 aromatic heterocycles. The Balaban J connectivity index is 1.65. The van der Waals surface area contributed by atoms with Gasteiger partial charge in [0.05, 0.1) is 17.7 Å². The maximum absolute atomic E-state index is 12.4. The van der Waals surface area contributed by atoms with Crippen LogP contribution in [0.15, 0.2) is 64.6 Å². The van der Waals surface area contributed by atoms with Crippen molar-refractivity contribution in [3.8, 4) is 0 Å². The number of esters is 1. The molecule has 1 saturated heterocycles. The SMILES string of the molecule is COC(=O)Cn1cc(/C=C2\SC(=Nc3ccc(C)cc3)NC2=O)c2ccccc21. The molecule has 0 saturated carbocycles. The molecule has 2 aromatic carbocycles. The molecular weight excluding hydrogens is 386 g/mol. The van der Waals surface area contributed by atoms with Gasteiger partial charge < -0.3 is 14.6 Å². The predicted octanol–water partition coefficient (Wildman–Crippen LogP) is 4.01. The fraction of sp³-hybridized carbons (Fsp3) is 0.136. The Hall–Kier alpha value is -3.32. The van der Waals surface area contributed by atoms with Crippen LogP contribution in [-0.4, -0.2) is 28.7 Å². The predicted molar refractivity (Wildman–Crippen MR) is 116 cm³/mol. The summed E-state index contributed by atoms with van der Waals surface area (Å²) in [6.45, 7) is 2.13. The maximum Gasteiger partial charge on any atom is 0.325 e. The summed E-state index contributed by atoms with van der Waals surface area (Å²) in [6, 6.07) is 15.5. The van der Waals surface area contributed by atoms with E-state index < -0.39 is 0 Å². The highest BCUT2D eigenvalue weighted by Crippen LogP contribution is 2.31. The number of benzene rings is 2. The molecular formula is C22H19N3O3S. The highest BCUT2D eigenvalue weighted by atomic mass is 32.2. The molecule has 1 amide bonds. The molecule has 0 unspecified atom stereocenters. The molecule has 1 fully saturated rings. The number of carbonyl (C=O) groups excluding carboxylic acids is 2. The van der Waals surface area contributed by atoms with Crippen LogP contribution in [0.3, 0.4) is 0 Å². The van der Waals surface area contributed by atoms with E-state index in [1.807, 2.05) is 72.3 Å². The Morgan fingerprint density at radius 2 is 1.97 bits per heavy atom. The lowest BCUT2D eigenvalue weighted by molar-refractivity contribution is -0.141. The summed E-state index contributed by atoms with van der Waals surface area (Å²) in [6.07, 6.45) is 3.69. The molecule has 1 N–H and O–H groups in total. The number of aromatic nitrogens is 1. The first kappa shape index (κ1) is 19.0. The van der Waals surface area contributed by atoms with Gasteiger partial charge in [-0.25, -0.2) is 4.99 Å². The number of aryl methyl sites for hydroxylation is 1. The van der Waals surface area contributed by atoms with Crippen molar-refractivity contribution in [2.45, 2.75) is 13.5 Å². The van der Waals surface area contributed by atoms with Crippen LogP contribution >= 0.6 is 11.8 Å². The average Bonchev–Trinajstić information content (AvgIpc) is 3.24. The lowest BCUT2D eigenvalue weighted by Gasteiger charge is -2.02. The van der Waals surface area contributed by atoms with Crippen LogP contribution in [0.2, 0.25) is 0 Å². The standard InChI is InChI=1S/C22H19N3O3S/c1-14-7-9-16(10-8-14)23-22-24-21(27)19(29-22)11-15-12-25(13-20(26)28-2)18-6-4-3-5-17(15)18/h3-12H,13H2,1-2H3,(H,23,24,27)/b19-11-. The second-order valence-corrected chi connectivity index (χ2v) is 7.65. The Morgan fingerprint density at radius 1 is 1.21 bits per heavy atom. The molecule has 4 rings (SSSR count). The van der Waals surface area contributed by atoms with E-state index in [4.69, 9.17) is 4.74 Å². The summed E-state index contributed by atoms with van der Waals surface area (Å²) < 4.78 is 6.61. The number of fused-ring (bicyclic) bond motifs is 1. The van der Waals surface area contributed by atoms with E-state index in [9.17, 15) is 9.59 Å². The van der Waals surface area contributed by atoms with Crippen molar-refractivity contribution in [1.29, 1.82) is 0 Å². The van der Waals surface area contributed by atoms with E-state index in [-0.39, 0.29) is 18.4 Å². The van der Waals surface area contributed by atoms with E-state index in [1.54, 1.807) is 0 Å². The molecule has 29 heavy (non-hydrogen) atoms. The van der Waals surface area contributed by atoms with E-state index in [0.717, 1.165) is 27.7 Å². The second-order valence-electron chi connectivity index (χ2n) is 6.62. The Bertz CT molecular complexity index is 1160. The minimum Gasteiger partial charge on any atom is -0.468 e. The normalized spacial score (nSPS) is 16.6. The molecule has 0 spiro atoms. The highest BCUT2D eigenvalue weighted by Gasteiger charge is 2.24. The number of nitrogens with one attached hydrogen (secondary N) is 1. The Labute approximate surface area is 172 Å². The number of hydrogen-bond donors (Lipinski definition) is 1. The summed E-state index contributed by atoms with van der Waals surface area (Å²) in [5.74, 6) is -0.517. The number of amidine groups is 1. The minimum absolute atomic E-state index is 0.111. The lowest BCUT2D eigenvalue weighted by Crippen LogP contribution is -2.19. The number of rotatable bonds is 4. The van der Waals surface area contributed by atoms with E-state index in [2.05, 4.69) is 10.3 Å². The summed E-state index contributed by atoms with van der Waals surface area (Å²) in [4.78, 5) is 29.2. The van der Waals surface area contributed by atoms with Gasteiger partial charge in [0.15, 0.2) is 5.17 Å². The zero-order valence-corrected chi connectivity index (χ0v) is 16.8. The van der Waals surface area contributed by atoms with Gasteiger partial charge >= 0.3 is 5.97 Å². The first-order chi connectivity index (χ1) is 14.0. The van der Waals surface area contributed by atoms with Crippen molar-refractivity contribution in [3.63, 3.8) is 0 Å². The summed E-state index contributed by atoms with van der Waals surface area (Å²) in [7, 11) is 1.37. The summed E-state index contributed by atoms with van der Waals surface area (Å²) >= 11 is 1.30. The van der Waals surface area contributed by atoms with Crippen LogP contribution in [0.5, 0.6) is 0 Å². The number of methoxy groups -OCH3 is 1. The van der Waals surface area contributed by atoms with Gasteiger partial charge in [0.25, 0.3) is 5.91 Å². The zero-order chi connectivity index (χ0) is 20.4. The molecule has 146 valence electrons. The van der Waals surface area contributed by atoms with Gasteiger partial charge in [0.2, 0.25) is 0 Å². The fourth-order valence-corrected chi connectivity index (χ4v) is 3.92. The number of carbonyl (C=O) groups is 2. The van der Waals surface area contributed by atoms with Gasteiger partial charge in [-0.15, -0.1) is 0 Å². The minimum atomic E-state index is -0.328. The molecule has 0 aliphatic carbocycles. The topological polar surface area (TPSA) is 72.7 Å². The molecule has 2 heterocycles. The molecule has 6 nitrogen and oxygen atoms in total. The number of para-hydroxylation sites is 1. The Morgan fingerprint density at radius 3 is 2.72 bits per heavy atom. The van der Waals surface area contributed by atoms with Crippen LogP contribution in [0, 0.1) is 6.92 Å². The molecule has 1 aliphatic rings.